The van der Waals surface area contributed by atoms with Crippen molar-refractivity contribution in [1.29, 1.82) is 0 Å². The van der Waals surface area contributed by atoms with Crippen molar-refractivity contribution in [2.75, 3.05) is 6.61 Å². The van der Waals surface area contributed by atoms with Crippen LogP contribution in [0.3, 0.4) is 0 Å². The Morgan fingerprint density at radius 1 is 1.05 bits per heavy atom. The fourth-order valence-corrected chi connectivity index (χ4v) is 1.91. The number of hydrogen-bond acceptors (Lipinski definition) is 3. The molecule has 0 saturated heterocycles. The molecule has 0 aromatic heterocycles. The van der Waals surface area contributed by atoms with E-state index in [0.29, 0.717) is 15.8 Å². The Balaban J connectivity index is 0.000000677. The zero-order valence-corrected chi connectivity index (χ0v) is 12.9. The number of ether oxygens (including phenoxy) is 1. The van der Waals surface area contributed by atoms with Gasteiger partial charge in [-0.15, -0.1) is 0 Å². The third-order valence-corrected chi connectivity index (χ3v) is 2.91. The number of aliphatic hydroxyl groups is 2. The molecule has 2 rings (SSSR count). The number of halogens is 3. The van der Waals surface area contributed by atoms with Crippen LogP contribution in [0.2, 0.25) is 0 Å². The van der Waals surface area contributed by atoms with E-state index < -0.39 is 11.6 Å². The van der Waals surface area contributed by atoms with Crippen LogP contribution in [0.5, 0.6) is 11.5 Å². The maximum Gasteiger partial charge on any atom is 0.168 e. The van der Waals surface area contributed by atoms with Gasteiger partial charge in [0, 0.05) is 12.7 Å². The average Bonchev–Trinajstić information content (AvgIpc) is 2.44. The summed E-state index contributed by atoms with van der Waals surface area (Å²) in [5.74, 6) is -1.10. The lowest BCUT2D eigenvalue weighted by molar-refractivity contribution is 0.281. The second kappa shape index (κ2) is 8.71. The molecule has 0 unspecified atom stereocenters. The molecule has 3 nitrogen and oxygen atoms in total. The molecule has 2 aromatic rings. The predicted molar refractivity (Wildman–Crippen MR) is 79.3 cm³/mol. The van der Waals surface area contributed by atoms with Gasteiger partial charge >= 0.3 is 0 Å². The highest BCUT2D eigenvalue weighted by Crippen LogP contribution is 2.31. The molecule has 0 amide bonds. The van der Waals surface area contributed by atoms with Crippen molar-refractivity contribution in [3.05, 3.63) is 58.1 Å². The Hall–Kier alpha value is -1.50. The molecular formula is C15H15BrF2O3. The second-order valence-electron chi connectivity index (χ2n) is 3.92. The Morgan fingerprint density at radius 3 is 2.19 bits per heavy atom. The van der Waals surface area contributed by atoms with E-state index >= 15 is 0 Å². The van der Waals surface area contributed by atoms with Crippen molar-refractivity contribution in [2.45, 2.75) is 13.5 Å². The van der Waals surface area contributed by atoms with Gasteiger partial charge in [-0.2, -0.15) is 0 Å². The summed E-state index contributed by atoms with van der Waals surface area (Å²) < 4.78 is 32.0. The van der Waals surface area contributed by atoms with Gasteiger partial charge in [-0.1, -0.05) is 6.07 Å². The van der Waals surface area contributed by atoms with Crippen molar-refractivity contribution < 1.29 is 23.7 Å². The molecule has 0 radical (unpaired) electrons. The van der Waals surface area contributed by atoms with Crippen LogP contribution < -0.4 is 4.74 Å². The van der Waals surface area contributed by atoms with E-state index in [1.807, 2.05) is 0 Å². The monoisotopic (exact) mass is 360 g/mol. The fourth-order valence-electron chi connectivity index (χ4n) is 1.40. The lowest BCUT2D eigenvalue weighted by Crippen LogP contribution is -1.91. The van der Waals surface area contributed by atoms with Crippen LogP contribution in [0.15, 0.2) is 40.9 Å². The largest absolute Gasteiger partial charge is 0.453 e. The van der Waals surface area contributed by atoms with E-state index in [-0.39, 0.29) is 19.0 Å². The third kappa shape index (κ3) is 5.41. The van der Waals surface area contributed by atoms with Crippen LogP contribution >= 0.6 is 15.9 Å². The molecule has 21 heavy (non-hydrogen) atoms. The maximum absolute atomic E-state index is 13.4. The van der Waals surface area contributed by atoms with Crippen molar-refractivity contribution >= 4 is 15.9 Å². The van der Waals surface area contributed by atoms with E-state index in [1.54, 1.807) is 25.1 Å². The highest BCUT2D eigenvalue weighted by Gasteiger charge is 2.09. The molecule has 0 saturated carbocycles. The molecule has 2 N–H and O–H groups in total. The van der Waals surface area contributed by atoms with Gasteiger partial charge in [0.1, 0.15) is 11.6 Å². The lowest BCUT2D eigenvalue weighted by Gasteiger charge is -2.09. The smallest absolute Gasteiger partial charge is 0.168 e. The first-order valence-corrected chi connectivity index (χ1v) is 6.94. The van der Waals surface area contributed by atoms with Crippen LogP contribution in [0.4, 0.5) is 8.78 Å². The molecule has 114 valence electrons. The van der Waals surface area contributed by atoms with E-state index in [9.17, 15) is 8.78 Å². The summed E-state index contributed by atoms with van der Waals surface area (Å²) in [6, 6.07) is 8.01. The van der Waals surface area contributed by atoms with Gasteiger partial charge in [0.05, 0.1) is 11.1 Å². The molecule has 0 aliphatic rings. The summed E-state index contributed by atoms with van der Waals surface area (Å²) >= 11 is 3.25. The minimum Gasteiger partial charge on any atom is -0.453 e. The first-order chi connectivity index (χ1) is 10.0. The van der Waals surface area contributed by atoms with Crippen LogP contribution in [-0.2, 0) is 6.61 Å². The zero-order chi connectivity index (χ0) is 15.8. The van der Waals surface area contributed by atoms with Crippen molar-refractivity contribution in [3.63, 3.8) is 0 Å². The minimum absolute atomic E-state index is 0.0613. The summed E-state index contributed by atoms with van der Waals surface area (Å²) in [5.41, 5.74) is 0.703. The van der Waals surface area contributed by atoms with E-state index in [0.717, 1.165) is 12.1 Å². The van der Waals surface area contributed by atoms with Gasteiger partial charge < -0.3 is 14.9 Å². The Labute approximate surface area is 129 Å². The normalized spacial score (nSPS) is 9.81. The minimum atomic E-state index is -0.770. The molecule has 0 spiro atoms. The Morgan fingerprint density at radius 2 is 1.67 bits per heavy atom. The van der Waals surface area contributed by atoms with Gasteiger partial charge in [0.25, 0.3) is 0 Å². The number of rotatable bonds is 3. The van der Waals surface area contributed by atoms with E-state index in [1.165, 1.54) is 6.07 Å². The zero-order valence-electron chi connectivity index (χ0n) is 11.3. The van der Waals surface area contributed by atoms with Crippen LogP contribution in [0.25, 0.3) is 0 Å². The average molecular weight is 361 g/mol. The quantitative estimate of drug-likeness (QED) is 0.869. The summed E-state index contributed by atoms with van der Waals surface area (Å²) in [6.07, 6.45) is 0. The third-order valence-electron chi connectivity index (χ3n) is 2.29. The topological polar surface area (TPSA) is 49.7 Å². The molecule has 2 aromatic carbocycles. The molecule has 6 heteroatoms. The number of benzene rings is 2. The molecule has 0 fully saturated rings. The van der Waals surface area contributed by atoms with E-state index in [4.69, 9.17) is 14.9 Å². The molecule has 0 aliphatic heterocycles. The second-order valence-corrected chi connectivity index (χ2v) is 4.77. The SMILES string of the molecule is CCO.OCc1ccc(Oc2ccc(F)cc2F)c(Br)c1. The van der Waals surface area contributed by atoms with E-state index in [2.05, 4.69) is 15.9 Å². The van der Waals surface area contributed by atoms with Gasteiger partial charge in [0.2, 0.25) is 0 Å². The first kappa shape index (κ1) is 17.6. The summed E-state index contributed by atoms with van der Waals surface area (Å²) in [5, 5.41) is 16.5. The highest BCUT2D eigenvalue weighted by molar-refractivity contribution is 9.10. The van der Waals surface area contributed by atoms with Gasteiger partial charge in [-0.3, -0.25) is 0 Å². The fraction of sp³-hybridized carbons (Fsp3) is 0.200. The summed E-state index contributed by atoms with van der Waals surface area (Å²) in [7, 11) is 0. The Kier molecular flexibility index (Phi) is 7.28. The van der Waals surface area contributed by atoms with Crippen LogP contribution in [0, 0.1) is 11.6 Å². The molecule has 0 atom stereocenters. The maximum atomic E-state index is 13.4. The van der Waals surface area contributed by atoms with Crippen molar-refractivity contribution in [3.8, 4) is 11.5 Å². The van der Waals surface area contributed by atoms with Crippen molar-refractivity contribution in [1.82, 2.24) is 0 Å². The molecule has 0 bridgehead atoms. The van der Waals surface area contributed by atoms with Gasteiger partial charge in [-0.05, 0) is 52.7 Å². The van der Waals surface area contributed by atoms with Gasteiger partial charge in [0.15, 0.2) is 11.6 Å². The predicted octanol–water partition coefficient (Wildman–Crippen LogP) is 4.01. The van der Waals surface area contributed by atoms with Crippen LogP contribution in [0.1, 0.15) is 12.5 Å². The summed E-state index contributed by atoms with van der Waals surface area (Å²) in [4.78, 5) is 0. The Bertz CT molecular complexity index is 591. The molecule has 0 aliphatic carbocycles. The number of hydrogen-bond donors (Lipinski definition) is 2. The first-order valence-electron chi connectivity index (χ1n) is 6.14. The van der Waals surface area contributed by atoms with Gasteiger partial charge in [-0.25, -0.2) is 8.78 Å². The standard InChI is InChI=1S/C13H9BrF2O2.C2H6O/c14-10-5-8(7-17)1-3-12(10)18-13-4-2-9(15)6-11(13)16;1-2-3/h1-6,17H,7H2;3H,2H2,1H3. The molecular weight excluding hydrogens is 346 g/mol. The highest BCUT2D eigenvalue weighted by atomic mass is 79.9. The molecule has 0 heterocycles. The summed E-state index contributed by atoms with van der Waals surface area (Å²) in [6.45, 7) is 1.84. The number of aliphatic hydroxyl groups excluding tert-OH is 2. The van der Waals surface area contributed by atoms with Crippen LogP contribution in [-0.4, -0.2) is 16.8 Å². The van der Waals surface area contributed by atoms with Crippen molar-refractivity contribution in [2.24, 2.45) is 0 Å². The lowest BCUT2D eigenvalue weighted by atomic mass is 10.2.